The first-order valence-corrected chi connectivity index (χ1v) is 7.12. The van der Waals surface area contributed by atoms with E-state index in [9.17, 15) is 4.39 Å². The van der Waals surface area contributed by atoms with Gasteiger partial charge in [0.05, 0.1) is 10.6 Å². The van der Waals surface area contributed by atoms with E-state index in [2.05, 4.69) is 15.0 Å². The van der Waals surface area contributed by atoms with Crippen LogP contribution in [-0.4, -0.2) is 13.0 Å². The molecule has 2 N–H and O–H groups in total. The number of hydrogen-bond donors (Lipinski definition) is 2. The average molecular weight is 308 g/mol. The number of guanidine groups is 1. The van der Waals surface area contributed by atoms with E-state index >= 15 is 0 Å². The summed E-state index contributed by atoms with van der Waals surface area (Å²) in [5, 5.41) is 6.69. The van der Waals surface area contributed by atoms with Gasteiger partial charge >= 0.3 is 0 Å². The molecule has 0 atom stereocenters. The summed E-state index contributed by atoms with van der Waals surface area (Å²) in [5.41, 5.74) is 2.32. The van der Waals surface area contributed by atoms with E-state index in [1.807, 2.05) is 18.2 Å². The second-order valence-corrected chi connectivity index (χ2v) is 5.42. The zero-order chi connectivity index (χ0) is 14.1. The second-order valence-electron chi connectivity index (χ2n) is 4.21. The summed E-state index contributed by atoms with van der Waals surface area (Å²) >= 11 is 7.45. The van der Waals surface area contributed by atoms with Gasteiger partial charge in [-0.2, -0.15) is 4.40 Å². The van der Waals surface area contributed by atoms with E-state index in [4.69, 9.17) is 11.6 Å². The van der Waals surface area contributed by atoms with Gasteiger partial charge in [0, 0.05) is 35.1 Å². The van der Waals surface area contributed by atoms with Crippen molar-refractivity contribution in [3.63, 3.8) is 0 Å². The van der Waals surface area contributed by atoms with Gasteiger partial charge < -0.3 is 10.6 Å². The second kappa shape index (κ2) is 5.34. The lowest BCUT2D eigenvalue weighted by molar-refractivity contribution is 0.625. The highest BCUT2D eigenvalue weighted by molar-refractivity contribution is 7.98. The lowest BCUT2D eigenvalue weighted by Crippen LogP contribution is -2.28. The fraction of sp³-hybridized carbons (Fsp3) is 0.0714. The molecule has 0 aromatic heterocycles. The molecule has 6 heteroatoms. The lowest BCUT2D eigenvalue weighted by Gasteiger charge is -2.21. The van der Waals surface area contributed by atoms with Crippen LogP contribution < -0.4 is 10.6 Å². The molecule has 1 aliphatic rings. The van der Waals surface area contributed by atoms with Gasteiger partial charge in [-0.25, -0.2) is 4.39 Å². The third-order valence-corrected chi connectivity index (χ3v) is 4.07. The molecule has 102 valence electrons. The van der Waals surface area contributed by atoms with Gasteiger partial charge in [-0.3, -0.25) is 0 Å². The largest absolute Gasteiger partial charge is 0.358 e. The van der Waals surface area contributed by atoms with E-state index in [-0.39, 0.29) is 5.82 Å². The number of benzene rings is 2. The van der Waals surface area contributed by atoms with Crippen LogP contribution in [0.4, 0.5) is 10.1 Å². The Labute approximate surface area is 125 Å². The van der Waals surface area contributed by atoms with Crippen LogP contribution in [0.25, 0.3) is 11.1 Å². The standard InChI is InChI=1S/C14H11ClFN3S/c1-17-14-18-13-10(9-4-2-3-5-11(9)15)6-8(16)7-12(13)20-19-14/h2-7H,1H3,(H2,17,18,19). The fourth-order valence-electron chi connectivity index (χ4n) is 2.02. The Balaban J connectivity index is 2.18. The van der Waals surface area contributed by atoms with Gasteiger partial charge in [0.25, 0.3) is 0 Å². The Morgan fingerprint density at radius 3 is 2.80 bits per heavy atom. The molecular weight excluding hydrogens is 297 g/mol. The summed E-state index contributed by atoms with van der Waals surface area (Å²) in [4.78, 5) is 0.735. The van der Waals surface area contributed by atoms with Gasteiger partial charge in [-0.15, -0.1) is 0 Å². The molecule has 0 unspecified atom stereocenters. The Bertz CT molecular complexity index is 703. The first kappa shape index (κ1) is 13.3. The van der Waals surface area contributed by atoms with Gasteiger partial charge in [-0.1, -0.05) is 29.8 Å². The van der Waals surface area contributed by atoms with Crippen molar-refractivity contribution in [3.05, 3.63) is 47.2 Å². The molecule has 0 fully saturated rings. The third-order valence-electron chi connectivity index (χ3n) is 2.95. The predicted molar refractivity (Wildman–Crippen MR) is 82.8 cm³/mol. The van der Waals surface area contributed by atoms with Crippen molar-refractivity contribution < 1.29 is 4.39 Å². The van der Waals surface area contributed by atoms with Crippen LogP contribution in [0.1, 0.15) is 0 Å². The number of halogens is 2. The molecule has 1 aliphatic heterocycles. The van der Waals surface area contributed by atoms with Gasteiger partial charge in [0.15, 0.2) is 0 Å². The van der Waals surface area contributed by atoms with Gasteiger partial charge in [0.1, 0.15) is 5.82 Å². The summed E-state index contributed by atoms with van der Waals surface area (Å²) in [7, 11) is 1.77. The van der Waals surface area contributed by atoms with Gasteiger partial charge in [-0.05, 0) is 18.2 Å². The Hall–Kier alpha value is -1.72. The van der Waals surface area contributed by atoms with Crippen LogP contribution in [0.2, 0.25) is 5.02 Å². The van der Waals surface area contributed by atoms with Crippen LogP contribution in [0, 0.1) is 5.82 Å². The summed E-state index contributed by atoms with van der Waals surface area (Å²) in [6.45, 7) is 0. The molecule has 0 saturated heterocycles. The number of anilines is 1. The summed E-state index contributed by atoms with van der Waals surface area (Å²) in [6.07, 6.45) is 0. The monoisotopic (exact) mass is 307 g/mol. The van der Waals surface area contributed by atoms with E-state index in [1.165, 1.54) is 24.1 Å². The molecule has 0 spiro atoms. The highest BCUT2D eigenvalue weighted by Gasteiger charge is 2.19. The summed E-state index contributed by atoms with van der Waals surface area (Å²) in [6, 6.07) is 10.3. The number of rotatable bonds is 1. The zero-order valence-electron chi connectivity index (χ0n) is 10.6. The molecule has 3 nitrogen and oxygen atoms in total. The van der Waals surface area contributed by atoms with E-state index < -0.39 is 0 Å². The number of nitrogens with one attached hydrogen (secondary N) is 2. The van der Waals surface area contributed by atoms with Crippen LogP contribution >= 0.6 is 23.5 Å². The van der Waals surface area contributed by atoms with Crippen LogP contribution in [0.3, 0.4) is 0 Å². The van der Waals surface area contributed by atoms with Crippen molar-refractivity contribution in [2.75, 3.05) is 12.4 Å². The van der Waals surface area contributed by atoms with Crippen molar-refractivity contribution in [3.8, 4) is 11.1 Å². The van der Waals surface area contributed by atoms with Crippen molar-refractivity contribution in [1.82, 2.24) is 5.32 Å². The van der Waals surface area contributed by atoms with Crippen LogP contribution in [-0.2, 0) is 0 Å². The number of fused-ring (bicyclic) bond motifs is 1. The maximum absolute atomic E-state index is 13.8. The van der Waals surface area contributed by atoms with Gasteiger partial charge in [0.2, 0.25) is 5.96 Å². The fourth-order valence-corrected chi connectivity index (χ4v) is 3.00. The molecule has 0 radical (unpaired) electrons. The molecule has 1 heterocycles. The molecule has 0 bridgehead atoms. The van der Waals surface area contributed by atoms with E-state index in [0.717, 1.165) is 21.7 Å². The molecule has 2 aromatic rings. The Morgan fingerprint density at radius 1 is 1.25 bits per heavy atom. The first-order valence-electron chi connectivity index (χ1n) is 5.97. The molecule has 2 aromatic carbocycles. The van der Waals surface area contributed by atoms with Crippen molar-refractivity contribution in [2.45, 2.75) is 4.90 Å². The Kier molecular flexibility index (Phi) is 3.54. The summed E-state index contributed by atoms with van der Waals surface area (Å²) in [5.74, 6) is 0.318. The molecular formula is C14H11ClFN3S. The number of nitrogens with zero attached hydrogens (tertiary/aromatic N) is 1. The minimum absolute atomic E-state index is 0.309. The smallest absolute Gasteiger partial charge is 0.207 e. The van der Waals surface area contributed by atoms with Crippen molar-refractivity contribution in [2.24, 2.45) is 4.40 Å². The third kappa shape index (κ3) is 2.34. The predicted octanol–water partition coefficient (Wildman–Crippen LogP) is 4.15. The Morgan fingerprint density at radius 2 is 2.05 bits per heavy atom. The zero-order valence-corrected chi connectivity index (χ0v) is 12.1. The number of hydrogen-bond acceptors (Lipinski definition) is 4. The molecule has 0 aliphatic carbocycles. The van der Waals surface area contributed by atoms with E-state index in [1.54, 1.807) is 13.1 Å². The SMILES string of the molecule is CNC1=NSc2cc(F)cc(-c3ccccc3Cl)c2N1. The molecule has 20 heavy (non-hydrogen) atoms. The minimum atomic E-state index is -0.309. The minimum Gasteiger partial charge on any atom is -0.358 e. The normalized spacial score (nSPS) is 13.2. The maximum atomic E-state index is 13.8. The highest BCUT2D eigenvalue weighted by Crippen LogP contribution is 2.42. The van der Waals surface area contributed by atoms with Crippen LogP contribution in [0.15, 0.2) is 45.7 Å². The van der Waals surface area contributed by atoms with Crippen molar-refractivity contribution >= 4 is 35.2 Å². The highest BCUT2D eigenvalue weighted by atomic mass is 35.5. The molecule has 0 saturated carbocycles. The topological polar surface area (TPSA) is 36.4 Å². The van der Waals surface area contributed by atoms with E-state index in [0.29, 0.717) is 11.0 Å². The maximum Gasteiger partial charge on any atom is 0.207 e. The lowest BCUT2D eigenvalue weighted by atomic mass is 10.0. The first-order chi connectivity index (χ1) is 9.69. The molecule has 0 amide bonds. The molecule has 3 rings (SSSR count). The average Bonchev–Trinajstić information content (AvgIpc) is 2.46. The van der Waals surface area contributed by atoms with Crippen molar-refractivity contribution in [1.29, 1.82) is 0 Å². The van der Waals surface area contributed by atoms with Crippen LogP contribution in [0.5, 0.6) is 0 Å². The quantitative estimate of drug-likeness (QED) is 0.777. The summed E-state index contributed by atoms with van der Waals surface area (Å²) < 4.78 is 18.0.